The minimum Gasteiger partial charge on any atom is -0.480 e. The number of aromatic nitrogens is 1. The Balaban J connectivity index is 1.87. The van der Waals surface area contributed by atoms with Crippen LogP contribution in [0.1, 0.15) is 30.9 Å². The van der Waals surface area contributed by atoms with E-state index in [4.69, 9.17) is 11.6 Å². The van der Waals surface area contributed by atoms with Crippen molar-refractivity contribution in [2.24, 2.45) is 5.92 Å². The standard InChI is InChI=1S/C24H22ClF3N2O3/c1-2-29(23(33)14-3-4-14)11-15-9-16(24(26,27)28)5-7-18(15)20-12-30(13-22(31)32)21-10-17(25)6-8-19(20)21/h5-10,12,14H,2-4,11,13H2,1H3,(H,31,32). The number of alkyl halides is 3. The second-order valence-corrected chi connectivity index (χ2v) is 8.66. The second kappa shape index (κ2) is 8.74. The number of carbonyl (C=O) groups is 2. The van der Waals surface area contributed by atoms with E-state index in [1.54, 1.807) is 36.2 Å². The average molecular weight is 479 g/mol. The van der Waals surface area contributed by atoms with E-state index in [0.29, 0.717) is 39.2 Å². The van der Waals surface area contributed by atoms with E-state index < -0.39 is 17.7 Å². The minimum absolute atomic E-state index is 0.0320. The fraction of sp³-hybridized carbons (Fsp3) is 0.333. The molecular formula is C24H22ClF3N2O3. The van der Waals surface area contributed by atoms with Crippen LogP contribution in [0.5, 0.6) is 0 Å². The molecule has 0 atom stereocenters. The first kappa shape index (κ1) is 23.2. The highest BCUT2D eigenvalue weighted by molar-refractivity contribution is 6.31. The molecular weight excluding hydrogens is 457 g/mol. The maximum atomic E-state index is 13.5. The largest absolute Gasteiger partial charge is 0.480 e. The van der Waals surface area contributed by atoms with Crippen molar-refractivity contribution in [2.75, 3.05) is 6.54 Å². The maximum Gasteiger partial charge on any atom is 0.416 e. The third-order valence-electron chi connectivity index (χ3n) is 5.85. The first-order valence-corrected chi connectivity index (χ1v) is 11.0. The van der Waals surface area contributed by atoms with E-state index in [-0.39, 0.29) is 24.9 Å². The fourth-order valence-corrected chi connectivity index (χ4v) is 4.23. The van der Waals surface area contributed by atoms with Gasteiger partial charge in [0.2, 0.25) is 5.91 Å². The summed E-state index contributed by atoms with van der Waals surface area (Å²) < 4.78 is 42.0. The summed E-state index contributed by atoms with van der Waals surface area (Å²) in [5.74, 6) is -1.17. The molecule has 1 fully saturated rings. The Kier molecular flexibility index (Phi) is 6.14. The number of amides is 1. The van der Waals surface area contributed by atoms with E-state index in [1.165, 1.54) is 10.6 Å². The molecule has 1 N–H and O–H groups in total. The lowest BCUT2D eigenvalue weighted by molar-refractivity contribution is -0.138. The van der Waals surface area contributed by atoms with E-state index in [1.807, 2.05) is 0 Å². The molecule has 0 saturated heterocycles. The van der Waals surface area contributed by atoms with E-state index in [2.05, 4.69) is 0 Å². The summed E-state index contributed by atoms with van der Waals surface area (Å²) in [6.07, 6.45) is -1.32. The van der Waals surface area contributed by atoms with Gasteiger partial charge in [-0.05, 0) is 55.2 Å². The molecule has 0 aliphatic heterocycles. The number of hydrogen-bond acceptors (Lipinski definition) is 2. The highest BCUT2D eigenvalue weighted by Gasteiger charge is 2.34. The number of hydrogen-bond donors (Lipinski definition) is 1. The number of halogens is 4. The lowest BCUT2D eigenvalue weighted by Gasteiger charge is -2.23. The number of carboxylic acids is 1. The Bertz CT molecular complexity index is 1230. The lowest BCUT2D eigenvalue weighted by atomic mass is 9.96. The molecule has 1 saturated carbocycles. The Labute approximate surface area is 193 Å². The molecule has 0 radical (unpaired) electrons. The Morgan fingerprint density at radius 3 is 2.48 bits per heavy atom. The van der Waals surface area contributed by atoms with E-state index >= 15 is 0 Å². The summed E-state index contributed by atoms with van der Waals surface area (Å²) in [6.45, 7) is 1.88. The molecule has 5 nitrogen and oxygen atoms in total. The van der Waals surface area contributed by atoms with Gasteiger partial charge >= 0.3 is 12.1 Å². The number of nitrogens with zero attached hydrogens (tertiary/aromatic N) is 2. The monoisotopic (exact) mass is 478 g/mol. The van der Waals surface area contributed by atoms with Gasteiger partial charge in [-0.25, -0.2) is 0 Å². The molecule has 1 amide bonds. The molecule has 0 spiro atoms. The van der Waals surface area contributed by atoms with Crippen LogP contribution in [0.25, 0.3) is 22.0 Å². The van der Waals surface area contributed by atoms with Crippen molar-refractivity contribution in [3.63, 3.8) is 0 Å². The van der Waals surface area contributed by atoms with Crippen LogP contribution in [0.15, 0.2) is 42.6 Å². The van der Waals surface area contributed by atoms with Gasteiger partial charge in [-0.1, -0.05) is 23.7 Å². The van der Waals surface area contributed by atoms with Crippen LogP contribution in [-0.2, 0) is 28.9 Å². The molecule has 1 heterocycles. The summed E-state index contributed by atoms with van der Waals surface area (Å²) >= 11 is 6.11. The van der Waals surface area contributed by atoms with Gasteiger partial charge in [-0.2, -0.15) is 13.2 Å². The van der Waals surface area contributed by atoms with Gasteiger partial charge in [-0.3, -0.25) is 9.59 Å². The molecule has 1 aliphatic carbocycles. The molecule has 174 valence electrons. The first-order chi connectivity index (χ1) is 15.6. The number of carboxylic acid groups (broad SMARTS) is 1. The van der Waals surface area contributed by atoms with Crippen LogP contribution in [0.2, 0.25) is 5.02 Å². The van der Waals surface area contributed by atoms with Crippen LogP contribution < -0.4 is 0 Å². The van der Waals surface area contributed by atoms with Gasteiger partial charge in [0.15, 0.2) is 0 Å². The predicted molar refractivity (Wildman–Crippen MR) is 119 cm³/mol. The zero-order valence-electron chi connectivity index (χ0n) is 17.8. The van der Waals surface area contributed by atoms with E-state index in [9.17, 15) is 27.9 Å². The van der Waals surface area contributed by atoms with Gasteiger partial charge in [0.25, 0.3) is 0 Å². The number of carbonyl (C=O) groups excluding carboxylic acids is 1. The molecule has 3 aromatic rings. The SMILES string of the molecule is CCN(Cc1cc(C(F)(F)F)ccc1-c1cn(CC(=O)O)c2cc(Cl)ccc12)C(=O)C1CC1. The molecule has 9 heteroatoms. The second-order valence-electron chi connectivity index (χ2n) is 8.22. The lowest BCUT2D eigenvalue weighted by Crippen LogP contribution is -2.31. The van der Waals surface area contributed by atoms with Crippen molar-refractivity contribution in [3.8, 4) is 11.1 Å². The van der Waals surface area contributed by atoms with Crippen molar-refractivity contribution in [1.29, 1.82) is 0 Å². The zero-order valence-corrected chi connectivity index (χ0v) is 18.6. The number of rotatable bonds is 7. The molecule has 0 unspecified atom stereocenters. The van der Waals surface area contributed by atoms with Crippen molar-refractivity contribution < 1.29 is 27.9 Å². The van der Waals surface area contributed by atoms with Gasteiger partial charge in [0.1, 0.15) is 6.54 Å². The molecule has 1 aromatic heterocycles. The molecule has 33 heavy (non-hydrogen) atoms. The normalized spacial score (nSPS) is 14.0. The van der Waals surface area contributed by atoms with Gasteiger partial charge in [-0.15, -0.1) is 0 Å². The molecule has 4 rings (SSSR count). The van der Waals surface area contributed by atoms with Crippen LogP contribution in [0, 0.1) is 5.92 Å². The summed E-state index contributed by atoms with van der Waals surface area (Å²) in [6, 6.07) is 8.48. The van der Waals surface area contributed by atoms with Crippen LogP contribution in [-0.4, -0.2) is 33.0 Å². The number of benzene rings is 2. The van der Waals surface area contributed by atoms with Crippen molar-refractivity contribution >= 4 is 34.4 Å². The number of fused-ring (bicyclic) bond motifs is 1. The highest BCUT2D eigenvalue weighted by atomic mass is 35.5. The van der Waals surface area contributed by atoms with Crippen molar-refractivity contribution in [2.45, 2.75) is 39.0 Å². The Morgan fingerprint density at radius 2 is 1.88 bits per heavy atom. The topological polar surface area (TPSA) is 62.5 Å². The number of aliphatic carboxylic acids is 1. The third kappa shape index (κ3) is 4.85. The smallest absolute Gasteiger partial charge is 0.416 e. The summed E-state index contributed by atoms with van der Waals surface area (Å²) in [5.41, 5.74) is 1.22. The van der Waals surface area contributed by atoms with Crippen molar-refractivity contribution in [3.05, 3.63) is 58.7 Å². The zero-order chi connectivity index (χ0) is 23.9. The van der Waals surface area contributed by atoms with Crippen LogP contribution >= 0.6 is 11.6 Å². The Hall–Kier alpha value is -3.00. The summed E-state index contributed by atoms with van der Waals surface area (Å²) in [4.78, 5) is 25.6. The van der Waals surface area contributed by atoms with Crippen LogP contribution in [0.4, 0.5) is 13.2 Å². The maximum absolute atomic E-state index is 13.5. The van der Waals surface area contributed by atoms with Gasteiger partial charge in [0, 0.05) is 41.2 Å². The predicted octanol–water partition coefficient (Wildman–Crippen LogP) is 5.82. The summed E-state index contributed by atoms with van der Waals surface area (Å²) in [5, 5.41) is 10.4. The Morgan fingerprint density at radius 1 is 1.15 bits per heavy atom. The highest BCUT2D eigenvalue weighted by Crippen LogP contribution is 2.39. The molecule has 1 aliphatic rings. The van der Waals surface area contributed by atoms with Gasteiger partial charge in [0.05, 0.1) is 11.1 Å². The van der Waals surface area contributed by atoms with Crippen LogP contribution in [0.3, 0.4) is 0 Å². The fourth-order valence-electron chi connectivity index (χ4n) is 4.06. The molecule has 2 aromatic carbocycles. The quantitative estimate of drug-likeness (QED) is 0.465. The third-order valence-corrected chi connectivity index (χ3v) is 6.09. The minimum atomic E-state index is -4.53. The average Bonchev–Trinajstić information content (AvgIpc) is 3.54. The first-order valence-electron chi connectivity index (χ1n) is 10.6. The molecule has 0 bridgehead atoms. The van der Waals surface area contributed by atoms with Gasteiger partial charge < -0.3 is 14.6 Å². The van der Waals surface area contributed by atoms with Crippen molar-refractivity contribution in [1.82, 2.24) is 9.47 Å². The van der Waals surface area contributed by atoms with E-state index in [0.717, 1.165) is 25.0 Å². The summed E-state index contributed by atoms with van der Waals surface area (Å²) in [7, 11) is 0.